The van der Waals surface area contributed by atoms with Crippen molar-refractivity contribution in [2.75, 3.05) is 6.54 Å². The topological polar surface area (TPSA) is 55.5 Å². The van der Waals surface area contributed by atoms with E-state index in [-0.39, 0.29) is 24.6 Å². The zero-order valence-electron chi connectivity index (χ0n) is 10.9. The molecule has 0 aliphatic heterocycles. The maximum atomic E-state index is 12.3. The van der Waals surface area contributed by atoms with Crippen molar-refractivity contribution >= 4 is 0 Å². The van der Waals surface area contributed by atoms with Gasteiger partial charge in [0.05, 0.1) is 6.10 Å². The zero-order valence-corrected chi connectivity index (χ0v) is 10.9. The van der Waals surface area contributed by atoms with E-state index in [0.29, 0.717) is 11.1 Å². The van der Waals surface area contributed by atoms with E-state index in [4.69, 9.17) is 5.73 Å². The highest BCUT2D eigenvalue weighted by Gasteiger charge is 2.31. The number of ether oxygens (including phenoxy) is 1. The van der Waals surface area contributed by atoms with Gasteiger partial charge in [-0.3, -0.25) is 0 Å². The first-order valence-corrected chi connectivity index (χ1v) is 6.01. The lowest BCUT2D eigenvalue weighted by Crippen LogP contribution is -2.17. The Morgan fingerprint density at radius 2 is 1.79 bits per heavy atom. The van der Waals surface area contributed by atoms with Crippen LogP contribution in [0, 0.1) is 0 Å². The zero-order chi connectivity index (χ0) is 14.6. The highest BCUT2D eigenvalue weighted by atomic mass is 19.4. The predicted molar refractivity (Wildman–Crippen MR) is 65.8 cm³/mol. The van der Waals surface area contributed by atoms with E-state index in [1.807, 2.05) is 13.8 Å². The van der Waals surface area contributed by atoms with Crippen molar-refractivity contribution in [2.24, 2.45) is 5.73 Å². The number of alkyl halides is 3. The molecule has 6 heteroatoms. The van der Waals surface area contributed by atoms with Crippen molar-refractivity contribution in [3.05, 3.63) is 29.3 Å². The maximum absolute atomic E-state index is 12.3. The fourth-order valence-electron chi connectivity index (χ4n) is 1.69. The maximum Gasteiger partial charge on any atom is 0.573 e. The third kappa shape index (κ3) is 5.08. The minimum atomic E-state index is -4.74. The van der Waals surface area contributed by atoms with Crippen LogP contribution in [0.4, 0.5) is 13.2 Å². The second-order valence-electron chi connectivity index (χ2n) is 4.63. The summed E-state index contributed by atoms with van der Waals surface area (Å²) in [4.78, 5) is 0. The van der Waals surface area contributed by atoms with Crippen LogP contribution in [0.1, 0.15) is 43.4 Å². The largest absolute Gasteiger partial charge is 0.573 e. The smallest absolute Gasteiger partial charge is 0.406 e. The van der Waals surface area contributed by atoms with Gasteiger partial charge in [-0.05, 0) is 42.1 Å². The van der Waals surface area contributed by atoms with Crippen molar-refractivity contribution in [3.8, 4) is 5.75 Å². The molecular weight excluding hydrogens is 259 g/mol. The number of aliphatic hydroxyl groups excluding tert-OH is 1. The molecule has 0 unspecified atom stereocenters. The van der Waals surface area contributed by atoms with Crippen molar-refractivity contribution in [2.45, 2.75) is 38.7 Å². The third-order valence-electron chi connectivity index (χ3n) is 2.68. The van der Waals surface area contributed by atoms with Gasteiger partial charge in [-0.25, -0.2) is 0 Å². The van der Waals surface area contributed by atoms with Gasteiger partial charge in [0, 0.05) is 0 Å². The lowest BCUT2D eigenvalue weighted by atomic mass is 9.97. The number of halogens is 3. The number of rotatable bonds is 5. The SMILES string of the molecule is CC(C)c1cc(OC(F)(F)F)cc([C@@H](O)CCN)c1. The molecule has 3 N–H and O–H groups in total. The molecule has 0 saturated carbocycles. The molecule has 0 radical (unpaired) electrons. The van der Waals surface area contributed by atoms with Crippen LogP contribution in [0.5, 0.6) is 5.75 Å². The summed E-state index contributed by atoms with van der Waals surface area (Å²) in [6.45, 7) is 3.96. The summed E-state index contributed by atoms with van der Waals surface area (Å²) in [7, 11) is 0. The molecule has 1 aromatic rings. The van der Waals surface area contributed by atoms with E-state index in [2.05, 4.69) is 4.74 Å². The van der Waals surface area contributed by atoms with Crippen LogP contribution in [0.25, 0.3) is 0 Å². The van der Waals surface area contributed by atoms with Gasteiger partial charge in [0.2, 0.25) is 0 Å². The second kappa shape index (κ2) is 6.25. The second-order valence-corrected chi connectivity index (χ2v) is 4.63. The first-order chi connectivity index (χ1) is 8.73. The lowest BCUT2D eigenvalue weighted by molar-refractivity contribution is -0.274. The Hall–Kier alpha value is -1.27. The molecule has 0 bridgehead atoms. The van der Waals surface area contributed by atoms with Gasteiger partial charge in [-0.15, -0.1) is 13.2 Å². The van der Waals surface area contributed by atoms with Crippen LogP contribution in [-0.4, -0.2) is 18.0 Å². The summed E-state index contributed by atoms with van der Waals surface area (Å²) in [5.41, 5.74) is 6.39. The van der Waals surface area contributed by atoms with E-state index < -0.39 is 12.5 Å². The van der Waals surface area contributed by atoms with Crippen molar-refractivity contribution in [1.29, 1.82) is 0 Å². The molecule has 0 fully saturated rings. The molecule has 0 aromatic heterocycles. The summed E-state index contributed by atoms with van der Waals surface area (Å²) < 4.78 is 40.7. The summed E-state index contributed by atoms with van der Waals surface area (Å²) in [6.07, 6.45) is -5.35. The molecule has 1 atom stereocenters. The van der Waals surface area contributed by atoms with Crippen LogP contribution in [0.3, 0.4) is 0 Å². The Labute approximate surface area is 110 Å². The monoisotopic (exact) mass is 277 g/mol. The molecule has 0 heterocycles. The van der Waals surface area contributed by atoms with Gasteiger partial charge in [-0.2, -0.15) is 0 Å². The molecule has 1 aromatic carbocycles. The summed E-state index contributed by atoms with van der Waals surface area (Å²) in [6, 6.07) is 4.20. The minimum Gasteiger partial charge on any atom is -0.406 e. The molecule has 108 valence electrons. The first-order valence-electron chi connectivity index (χ1n) is 6.01. The Morgan fingerprint density at radius 1 is 1.21 bits per heavy atom. The Morgan fingerprint density at radius 3 is 2.26 bits per heavy atom. The standard InChI is InChI=1S/C13H18F3NO2/c1-8(2)9-5-10(12(18)3-4-17)7-11(6-9)19-13(14,15)16/h5-8,12,18H,3-4,17H2,1-2H3/t12-/m0/s1. The van der Waals surface area contributed by atoms with Crippen LogP contribution < -0.4 is 10.5 Å². The molecule has 0 aliphatic carbocycles. The van der Waals surface area contributed by atoms with Gasteiger partial charge in [0.15, 0.2) is 0 Å². The van der Waals surface area contributed by atoms with Gasteiger partial charge in [0.1, 0.15) is 5.75 Å². The van der Waals surface area contributed by atoms with Gasteiger partial charge >= 0.3 is 6.36 Å². The summed E-state index contributed by atoms with van der Waals surface area (Å²) >= 11 is 0. The number of hydrogen-bond donors (Lipinski definition) is 2. The Bertz CT molecular complexity index is 419. The first kappa shape index (κ1) is 15.8. The quantitative estimate of drug-likeness (QED) is 0.869. The third-order valence-corrected chi connectivity index (χ3v) is 2.68. The average molecular weight is 277 g/mol. The van der Waals surface area contributed by atoms with Crippen LogP contribution in [0.2, 0.25) is 0 Å². The van der Waals surface area contributed by atoms with Crippen LogP contribution in [0.15, 0.2) is 18.2 Å². The van der Waals surface area contributed by atoms with Gasteiger partial charge in [-0.1, -0.05) is 19.9 Å². The summed E-state index contributed by atoms with van der Waals surface area (Å²) in [5.74, 6) is -0.287. The summed E-state index contributed by atoms with van der Waals surface area (Å²) in [5, 5.41) is 9.83. The molecule has 1 rings (SSSR count). The van der Waals surface area contributed by atoms with E-state index >= 15 is 0 Å². The number of aliphatic hydroxyl groups is 1. The van der Waals surface area contributed by atoms with Gasteiger partial charge < -0.3 is 15.6 Å². The van der Waals surface area contributed by atoms with E-state index in [9.17, 15) is 18.3 Å². The number of hydrogen-bond acceptors (Lipinski definition) is 3. The van der Waals surface area contributed by atoms with Crippen LogP contribution in [-0.2, 0) is 0 Å². The van der Waals surface area contributed by atoms with Crippen molar-refractivity contribution < 1.29 is 23.0 Å². The molecular formula is C13H18F3NO2. The lowest BCUT2D eigenvalue weighted by Gasteiger charge is -2.17. The normalized spacial score (nSPS) is 13.7. The van der Waals surface area contributed by atoms with Crippen molar-refractivity contribution in [1.82, 2.24) is 0 Å². The molecule has 0 saturated heterocycles. The average Bonchev–Trinajstić information content (AvgIpc) is 2.26. The molecule has 0 amide bonds. The van der Waals surface area contributed by atoms with E-state index in [1.54, 1.807) is 6.07 Å². The molecule has 0 aliphatic rings. The Kier molecular flexibility index (Phi) is 5.20. The van der Waals surface area contributed by atoms with E-state index in [1.165, 1.54) is 12.1 Å². The van der Waals surface area contributed by atoms with Crippen LogP contribution >= 0.6 is 0 Å². The highest BCUT2D eigenvalue weighted by Crippen LogP contribution is 2.30. The minimum absolute atomic E-state index is 0.0283. The fraction of sp³-hybridized carbons (Fsp3) is 0.538. The van der Waals surface area contributed by atoms with Crippen molar-refractivity contribution in [3.63, 3.8) is 0 Å². The molecule has 19 heavy (non-hydrogen) atoms. The fourth-order valence-corrected chi connectivity index (χ4v) is 1.69. The molecule has 3 nitrogen and oxygen atoms in total. The van der Waals surface area contributed by atoms with E-state index in [0.717, 1.165) is 0 Å². The number of benzene rings is 1. The number of nitrogens with two attached hydrogens (primary N) is 1. The molecule has 0 spiro atoms. The highest BCUT2D eigenvalue weighted by molar-refractivity contribution is 5.37. The Balaban J connectivity index is 3.10. The van der Waals surface area contributed by atoms with Gasteiger partial charge in [0.25, 0.3) is 0 Å². The predicted octanol–water partition coefficient (Wildman–Crippen LogP) is 3.09.